The van der Waals surface area contributed by atoms with Crippen LogP contribution in [0.3, 0.4) is 0 Å². The van der Waals surface area contributed by atoms with Crippen LogP contribution < -0.4 is 4.90 Å². The summed E-state index contributed by atoms with van der Waals surface area (Å²) >= 11 is 3.40. The number of amides is 1. The van der Waals surface area contributed by atoms with Crippen molar-refractivity contribution in [2.75, 3.05) is 31.1 Å². The summed E-state index contributed by atoms with van der Waals surface area (Å²) in [6.45, 7) is 4.67. The highest BCUT2D eigenvalue weighted by Gasteiger charge is 2.23. The molecule has 1 aliphatic heterocycles. The highest BCUT2D eigenvalue weighted by molar-refractivity contribution is 9.10. The zero-order chi connectivity index (χ0) is 18.8. The average Bonchev–Trinajstić information content (AvgIpc) is 3.23. The van der Waals surface area contributed by atoms with E-state index in [0.29, 0.717) is 24.5 Å². The first kappa shape index (κ1) is 17.7. The predicted molar refractivity (Wildman–Crippen MR) is 106 cm³/mol. The van der Waals surface area contributed by atoms with Gasteiger partial charge in [0.15, 0.2) is 5.82 Å². The highest BCUT2D eigenvalue weighted by Crippen LogP contribution is 2.19. The van der Waals surface area contributed by atoms with Crippen LogP contribution in [-0.2, 0) is 0 Å². The van der Waals surface area contributed by atoms with Gasteiger partial charge in [0.2, 0.25) is 0 Å². The molecule has 138 valence electrons. The Morgan fingerprint density at radius 3 is 2.41 bits per heavy atom. The van der Waals surface area contributed by atoms with Gasteiger partial charge >= 0.3 is 0 Å². The van der Waals surface area contributed by atoms with Gasteiger partial charge in [-0.2, -0.15) is 5.10 Å². The third kappa shape index (κ3) is 3.85. The fourth-order valence-electron chi connectivity index (χ4n) is 3.13. The number of hydrogen-bond donors (Lipinski definition) is 0. The molecule has 3 aromatic rings. The second-order valence-electron chi connectivity index (χ2n) is 6.37. The number of hydrogen-bond acceptors (Lipinski definition) is 5. The number of piperazine rings is 1. The van der Waals surface area contributed by atoms with Crippen LogP contribution in [0.2, 0.25) is 0 Å². The summed E-state index contributed by atoms with van der Waals surface area (Å²) < 4.78 is 2.70. The van der Waals surface area contributed by atoms with Gasteiger partial charge in [-0.3, -0.25) is 4.79 Å². The Morgan fingerprint density at radius 2 is 1.74 bits per heavy atom. The van der Waals surface area contributed by atoms with E-state index in [2.05, 4.69) is 35.9 Å². The van der Waals surface area contributed by atoms with Crippen molar-refractivity contribution in [3.05, 3.63) is 64.7 Å². The number of benzene rings is 1. The lowest BCUT2D eigenvalue weighted by Crippen LogP contribution is -2.49. The van der Waals surface area contributed by atoms with Crippen LogP contribution in [0.15, 0.2) is 53.3 Å². The molecule has 0 bridgehead atoms. The van der Waals surface area contributed by atoms with Gasteiger partial charge in [-0.05, 0) is 37.3 Å². The van der Waals surface area contributed by atoms with Crippen molar-refractivity contribution in [1.82, 2.24) is 24.6 Å². The van der Waals surface area contributed by atoms with Crippen LogP contribution in [-0.4, -0.2) is 56.7 Å². The fraction of sp³-hybridized carbons (Fsp3) is 0.263. The van der Waals surface area contributed by atoms with E-state index in [-0.39, 0.29) is 5.91 Å². The van der Waals surface area contributed by atoms with Crippen molar-refractivity contribution in [1.29, 1.82) is 0 Å². The van der Waals surface area contributed by atoms with Gasteiger partial charge in [0.25, 0.3) is 5.91 Å². The second kappa shape index (κ2) is 7.48. The van der Waals surface area contributed by atoms with Crippen LogP contribution >= 0.6 is 15.9 Å². The number of aromatic nitrogens is 4. The molecule has 3 heterocycles. The number of carbonyl (C=O) groups is 1. The lowest BCUT2D eigenvalue weighted by molar-refractivity contribution is 0.0746. The molecule has 1 fully saturated rings. The largest absolute Gasteiger partial charge is 0.353 e. The molecule has 1 saturated heterocycles. The lowest BCUT2D eigenvalue weighted by Gasteiger charge is -2.35. The van der Waals surface area contributed by atoms with Gasteiger partial charge in [0.05, 0.1) is 0 Å². The maximum atomic E-state index is 12.7. The average molecular weight is 427 g/mol. The monoisotopic (exact) mass is 426 g/mol. The number of anilines is 1. The van der Waals surface area contributed by atoms with E-state index in [4.69, 9.17) is 0 Å². The minimum atomic E-state index is 0.0678. The number of halogens is 1. The smallest absolute Gasteiger partial charge is 0.253 e. The fourth-order valence-corrected chi connectivity index (χ4v) is 3.40. The summed E-state index contributed by atoms with van der Waals surface area (Å²) in [5, 5.41) is 4.24. The highest BCUT2D eigenvalue weighted by atomic mass is 79.9. The molecule has 27 heavy (non-hydrogen) atoms. The molecule has 0 atom stereocenters. The molecule has 0 radical (unpaired) electrons. The number of carbonyl (C=O) groups excluding carboxylic acids is 1. The topological polar surface area (TPSA) is 67.2 Å². The van der Waals surface area contributed by atoms with E-state index >= 15 is 0 Å². The first-order valence-corrected chi connectivity index (χ1v) is 9.55. The number of nitrogens with zero attached hydrogens (tertiary/aromatic N) is 6. The molecule has 2 aromatic heterocycles. The van der Waals surface area contributed by atoms with Crippen molar-refractivity contribution in [3.8, 4) is 5.82 Å². The third-order valence-corrected chi connectivity index (χ3v) is 5.06. The second-order valence-corrected chi connectivity index (χ2v) is 7.28. The van der Waals surface area contributed by atoms with E-state index < -0.39 is 0 Å². The summed E-state index contributed by atoms with van der Waals surface area (Å²) in [6.07, 6.45) is 3.59. The molecule has 0 N–H and O–H groups in total. The first-order chi connectivity index (χ1) is 13.1. The summed E-state index contributed by atoms with van der Waals surface area (Å²) in [5.41, 5.74) is 0.713. The lowest BCUT2D eigenvalue weighted by atomic mass is 10.2. The minimum absolute atomic E-state index is 0.0678. The van der Waals surface area contributed by atoms with Crippen molar-refractivity contribution in [2.24, 2.45) is 0 Å². The van der Waals surface area contributed by atoms with Crippen molar-refractivity contribution >= 4 is 27.7 Å². The molecule has 0 unspecified atom stereocenters. The SMILES string of the molecule is Cc1nc(N2CCN(C(=O)c3ccc(Br)cc3)CC2)cc(-n2cccn2)n1. The van der Waals surface area contributed by atoms with Gasteiger partial charge in [-0.15, -0.1) is 0 Å². The Labute approximate surface area is 165 Å². The van der Waals surface area contributed by atoms with E-state index in [1.54, 1.807) is 10.9 Å². The van der Waals surface area contributed by atoms with Crippen LogP contribution in [0.25, 0.3) is 5.82 Å². The Bertz CT molecular complexity index is 933. The standard InChI is InChI=1S/C19H19BrN6O/c1-14-22-17(13-18(23-14)26-8-2-7-21-26)24-9-11-25(12-10-24)19(27)15-3-5-16(20)6-4-15/h2-8,13H,9-12H2,1H3. The minimum Gasteiger partial charge on any atom is -0.353 e. The molecule has 0 spiro atoms. The van der Waals surface area contributed by atoms with Gasteiger partial charge in [0.1, 0.15) is 11.6 Å². The zero-order valence-electron chi connectivity index (χ0n) is 14.9. The molecule has 1 aliphatic rings. The van der Waals surface area contributed by atoms with E-state index in [0.717, 1.165) is 29.2 Å². The molecule has 0 aliphatic carbocycles. The van der Waals surface area contributed by atoms with Crippen molar-refractivity contribution in [3.63, 3.8) is 0 Å². The Morgan fingerprint density at radius 1 is 1.04 bits per heavy atom. The van der Waals surface area contributed by atoms with Gasteiger partial charge in [0, 0.05) is 54.7 Å². The molecule has 0 saturated carbocycles. The maximum absolute atomic E-state index is 12.7. The Kier molecular flexibility index (Phi) is 4.89. The zero-order valence-corrected chi connectivity index (χ0v) is 16.5. The third-order valence-electron chi connectivity index (χ3n) is 4.53. The summed E-state index contributed by atoms with van der Waals surface area (Å²) in [4.78, 5) is 25.8. The molecule has 7 nitrogen and oxygen atoms in total. The van der Waals surface area contributed by atoms with Gasteiger partial charge < -0.3 is 9.80 Å². The molecule has 1 amide bonds. The number of aryl methyl sites for hydroxylation is 1. The van der Waals surface area contributed by atoms with E-state index in [1.165, 1.54) is 0 Å². The predicted octanol–water partition coefficient (Wildman–Crippen LogP) is 2.70. The first-order valence-electron chi connectivity index (χ1n) is 8.76. The molecule has 1 aromatic carbocycles. The van der Waals surface area contributed by atoms with Gasteiger partial charge in [-0.25, -0.2) is 14.6 Å². The molecular formula is C19H19BrN6O. The van der Waals surface area contributed by atoms with Crippen LogP contribution in [0.1, 0.15) is 16.2 Å². The quantitative estimate of drug-likeness (QED) is 0.643. The van der Waals surface area contributed by atoms with Crippen LogP contribution in [0.4, 0.5) is 5.82 Å². The maximum Gasteiger partial charge on any atom is 0.253 e. The summed E-state index contributed by atoms with van der Waals surface area (Å²) in [7, 11) is 0. The van der Waals surface area contributed by atoms with E-state index in [1.807, 2.05) is 54.4 Å². The Hall–Kier alpha value is -2.74. The molecule has 4 rings (SSSR count). The normalized spacial score (nSPS) is 14.4. The molecular weight excluding hydrogens is 408 g/mol. The summed E-state index contributed by atoms with van der Waals surface area (Å²) in [5.74, 6) is 2.38. The van der Waals surface area contributed by atoms with E-state index in [9.17, 15) is 4.79 Å². The van der Waals surface area contributed by atoms with Crippen LogP contribution in [0, 0.1) is 6.92 Å². The van der Waals surface area contributed by atoms with Crippen molar-refractivity contribution in [2.45, 2.75) is 6.92 Å². The Balaban J connectivity index is 1.46. The summed E-state index contributed by atoms with van der Waals surface area (Å²) in [6, 6.07) is 11.3. The molecule has 8 heteroatoms. The van der Waals surface area contributed by atoms with Crippen molar-refractivity contribution < 1.29 is 4.79 Å². The van der Waals surface area contributed by atoms with Gasteiger partial charge in [-0.1, -0.05) is 15.9 Å². The number of rotatable bonds is 3. The van der Waals surface area contributed by atoms with Crippen LogP contribution in [0.5, 0.6) is 0 Å².